The fourth-order valence-corrected chi connectivity index (χ4v) is 2.23. The average molecular weight is 272 g/mol. The molecule has 0 radical (unpaired) electrons. The fraction of sp³-hybridized carbons (Fsp3) is 0.938. The van der Waals surface area contributed by atoms with Crippen molar-refractivity contribution in [2.45, 2.75) is 90.1 Å². The lowest BCUT2D eigenvalue weighted by molar-refractivity contribution is -0.140. The van der Waals surface area contributed by atoms with E-state index in [2.05, 4.69) is 4.74 Å². The fourth-order valence-electron chi connectivity index (χ4n) is 2.23. The van der Waals surface area contributed by atoms with Gasteiger partial charge in [0, 0.05) is 6.42 Å². The Morgan fingerprint density at radius 3 is 1.74 bits per heavy atom. The molecule has 0 rings (SSSR count). The van der Waals surface area contributed by atoms with Crippen LogP contribution >= 0.6 is 0 Å². The van der Waals surface area contributed by atoms with Crippen LogP contribution in [0.4, 0.5) is 0 Å². The average Bonchev–Trinajstić information content (AvgIpc) is 2.39. The molecular formula is C16H32O3. The molecule has 0 aliphatic rings. The first-order valence-corrected chi connectivity index (χ1v) is 7.91. The summed E-state index contributed by atoms with van der Waals surface area (Å²) in [7, 11) is 1.45. The minimum atomic E-state index is -0.134. The van der Waals surface area contributed by atoms with Crippen molar-refractivity contribution in [3.05, 3.63) is 0 Å². The summed E-state index contributed by atoms with van der Waals surface area (Å²) in [5.74, 6) is -0.0859. The maximum Gasteiger partial charge on any atom is 0.305 e. The zero-order valence-corrected chi connectivity index (χ0v) is 12.8. The Bertz CT molecular complexity index is 202. The summed E-state index contributed by atoms with van der Waals surface area (Å²) in [6.45, 7) is 1.86. The Hall–Kier alpha value is -0.570. The van der Waals surface area contributed by atoms with Crippen LogP contribution in [0.5, 0.6) is 0 Å². The molecule has 0 spiro atoms. The van der Waals surface area contributed by atoms with Crippen LogP contribution in [0.25, 0.3) is 0 Å². The largest absolute Gasteiger partial charge is 0.469 e. The highest BCUT2D eigenvalue weighted by molar-refractivity contribution is 5.68. The van der Waals surface area contributed by atoms with Gasteiger partial charge in [-0.15, -0.1) is 0 Å². The number of ether oxygens (including phenoxy) is 1. The lowest BCUT2D eigenvalue weighted by Gasteiger charge is -2.04. The summed E-state index contributed by atoms with van der Waals surface area (Å²) in [5.41, 5.74) is 0. The van der Waals surface area contributed by atoms with E-state index >= 15 is 0 Å². The maximum atomic E-state index is 10.9. The molecule has 3 heteroatoms. The number of methoxy groups -OCH3 is 1. The van der Waals surface area contributed by atoms with Crippen LogP contribution in [-0.4, -0.2) is 24.3 Å². The number of carbonyl (C=O) groups excluding carboxylic acids is 1. The molecule has 0 saturated carbocycles. The Balaban J connectivity index is 3.01. The van der Waals surface area contributed by atoms with Gasteiger partial charge in [-0.3, -0.25) is 4.79 Å². The number of unbranched alkanes of at least 4 members (excludes halogenated alkanes) is 9. The van der Waals surface area contributed by atoms with Gasteiger partial charge in [-0.2, -0.15) is 0 Å². The first kappa shape index (κ1) is 18.4. The van der Waals surface area contributed by atoms with Crippen molar-refractivity contribution in [1.29, 1.82) is 0 Å². The summed E-state index contributed by atoms with van der Waals surface area (Å²) in [6, 6.07) is 0. The third kappa shape index (κ3) is 15.4. The van der Waals surface area contributed by atoms with E-state index in [1.807, 2.05) is 6.92 Å². The van der Waals surface area contributed by atoms with Crippen molar-refractivity contribution in [3.8, 4) is 0 Å². The van der Waals surface area contributed by atoms with E-state index in [9.17, 15) is 4.79 Å². The molecule has 0 amide bonds. The Morgan fingerprint density at radius 2 is 1.32 bits per heavy atom. The van der Waals surface area contributed by atoms with Gasteiger partial charge in [-0.25, -0.2) is 0 Å². The van der Waals surface area contributed by atoms with Crippen molar-refractivity contribution in [3.63, 3.8) is 0 Å². The van der Waals surface area contributed by atoms with Gasteiger partial charge >= 0.3 is 5.97 Å². The molecule has 114 valence electrons. The van der Waals surface area contributed by atoms with Crippen molar-refractivity contribution in [2.75, 3.05) is 7.11 Å². The van der Waals surface area contributed by atoms with Gasteiger partial charge in [0.05, 0.1) is 13.2 Å². The minimum absolute atomic E-state index is 0.0859. The normalized spacial score (nSPS) is 12.4. The molecular weight excluding hydrogens is 240 g/mol. The van der Waals surface area contributed by atoms with Gasteiger partial charge in [0.15, 0.2) is 0 Å². The molecule has 19 heavy (non-hydrogen) atoms. The van der Waals surface area contributed by atoms with Crippen LogP contribution in [0, 0.1) is 0 Å². The summed E-state index contributed by atoms with van der Waals surface area (Å²) < 4.78 is 4.60. The smallest absolute Gasteiger partial charge is 0.305 e. The van der Waals surface area contributed by atoms with Gasteiger partial charge in [0.2, 0.25) is 0 Å². The monoisotopic (exact) mass is 272 g/mol. The van der Waals surface area contributed by atoms with Crippen molar-refractivity contribution >= 4 is 5.97 Å². The van der Waals surface area contributed by atoms with Crippen LogP contribution in [0.2, 0.25) is 0 Å². The number of hydrogen-bond donors (Lipinski definition) is 1. The van der Waals surface area contributed by atoms with E-state index in [0.29, 0.717) is 6.42 Å². The predicted molar refractivity (Wildman–Crippen MR) is 79.1 cm³/mol. The van der Waals surface area contributed by atoms with E-state index in [4.69, 9.17) is 5.11 Å². The quantitative estimate of drug-likeness (QED) is 0.403. The van der Waals surface area contributed by atoms with Crippen molar-refractivity contribution in [2.24, 2.45) is 0 Å². The second-order valence-electron chi connectivity index (χ2n) is 5.50. The lowest BCUT2D eigenvalue weighted by Crippen LogP contribution is -1.99. The second kappa shape index (κ2) is 13.9. The molecule has 0 aromatic carbocycles. The van der Waals surface area contributed by atoms with E-state index in [1.165, 1.54) is 52.1 Å². The summed E-state index contributed by atoms with van der Waals surface area (Å²) in [6.07, 6.45) is 13.7. The third-order valence-corrected chi connectivity index (χ3v) is 3.48. The maximum absolute atomic E-state index is 10.9. The molecule has 1 N–H and O–H groups in total. The second-order valence-corrected chi connectivity index (χ2v) is 5.50. The first-order valence-electron chi connectivity index (χ1n) is 7.91. The standard InChI is InChI=1S/C16H32O3/c1-15(17)13-11-9-7-5-3-4-6-8-10-12-14-16(18)19-2/h15,17H,3-14H2,1-2H3/t15-/m1/s1. The summed E-state index contributed by atoms with van der Waals surface area (Å²) in [5, 5.41) is 9.12. The minimum Gasteiger partial charge on any atom is -0.469 e. The van der Waals surface area contributed by atoms with Gasteiger partial charge < -0.3 is 9.84 Å². The molecule has 0 fully saturated rings. The molecule has 0 saturated heterocycles. The predicted octanol–water partition coefficient (Wildman–Crippen LogP) is 4.22. The van der Waals surface area contributed by atoms with Crippen LogP contribution < -0.4 is 0 Å². The Kier molecular flexibility index (Phi) is 13.4. The van der Waals surface area contributed by atoms with Gasteiger partial charge in [-0.05, 0) is 19.8 Å². The van der Waals surface area contributed by atoms with E-state index in [-0.39, 0.29) is 12.1 Å². The molecule has 0 unspecified atom stereocenters. The summed E-state index contributed by atoms with van der Waals surface area (Å²) in [4.78, 5) is 10.9. The highest BCUT2D eigenvalue weighted by atomic mass is 16.5. The van der Waals surface area contributed by atoms with Crippen molar-refractivity contribution < 1.29 is 14.6 Å². The van der Waals surface area contributed by atoms with Gasteiger partial charge in [0.25, 0.3) is 0 Å². The molecule has 0 bridgehead atoms. The number of rotatable bonds is 13. The SMILES string of the molecule is COC(=O)CCCCCCCCCCCC[C@@H](C)O. The molecule has 3 nitrogen and oxygen atoms in total. The number of carbonyl (C=O) groups is 1. The van der Waals surface area contributed by atoms with Crippen LogP contribution in [-0.2, 0) is 9.53 Å². The zero-order valence-electron chi connectivity index (χ0n) is 12.8. The molecule has 0 heterocycles. The first-order chi connectivity index (χ1) is 9.16. The number of aliphatic hydroxyl groups is 1. The Labute approximate surface area is 118 Å². The molecule has 0 aliphatic heterocycles. The van der Waals surface area contributed by atoms with Crippen molar-refractivity contribution in [1.82, 2.24) is 0 Å². The van der Waals surface area contributed by atoms with Crippen LogP contribution in [0.15, 0.2) is 0 Å². The molecule has 0 aromatic rings. The molecule has 1 atom stereocenters. The molecule has 0 aliphatic carbocycles. The Morgan fingerprint density at radius 1 is 0.895 bits per heavy atom. The molecule has 0 aromatic heterocycles. The van der Waals surface area contributed by atoms with E-state index in [1.54, 1.807) is 0 Å². The third-order valence-electron chi connectivity index (χ3n) is 3.48. The lowest BCUT2D eigenvalue weighted by atomic mass is 10.0. The topological polar surface area (TPSA) is 46.5 Å². The zero-order chi connectivity index (χ0) is 14.3. The van der Waals surface area contributed by atoms with Gasteiger partial charge in [0.1, 0.15) is 0 Å². The van der Waals surface area contributed by atoms with Crippen LogP contribution in [0.1, 0.15) is 84.0 Å². The number of aliphatic hydroxyl groups excluding tert-OH is 1. The number of esters is 1. The number of hydrogen-bond acceptors (Lipinski definition) is 3. The van der Waals surface area contributed by atoms with Crippen LogP contribution in [0.3, 0.4) is 0 Å². The highest BCUT2D eigenvalue weighted by Crippen LogP contribution is 2.12. The van der Waals surface area contributed by atoms with E-state index in [0.717, 1.165) is 25.7 Å². The summed E-state index contributed by atoms with van der Waals surface area (Å²) >= 11 is 0. The van der Waals surface area contributed by atoms with E-state index < -0.39 is 0 Å². The highest BCUT2D eigenvalue weighted by Gasteiger charge is 1.99. The van der Waals surface area contributed by atoms with Gasteiger partial charge in [-0.1, -0.05) is 57.8 Å².